The minimum absolute atomic E-state index is 0.0194. The Hall–Kier alpha value is -2.62. The fourth-order valence-electron chi connectivity index (χ4n) is 2.03. The maximum absolute atomic E-state index is 10.6. The third-order valence-electron chi connectivity index (χ3n) is 3.02. The summed E-state index contributed by atoms with van der Waals surface area (Å²) in [6.07, 6.45) is 0.122. The van der Waals surface area contributed by atoms with Gasteiger partial charge in [0, 0.05) is 12.0 Å². The van der Waals surface area contributed by atoms with Crippen LogP contribution < -0.4 is 5.73 Å². The van der Waals surface area contributed by atoms with Gasteiger partial charge in [-0.3, -0.25) is 5.41 Å². The van der Waals surface area contributed by atoms with Crippen LogP contribution in [0.3, 0.4) is 0 Å². The summed E-state index contributed by atoms with van der Waals surface area (Å²) in [5.41, 5.74) is 7.98. The first-order valence-corrected chi connectivity index (χ1v) is 6.22. The molecule has 0 aliphatic rings. The summed E-state index contributed by atoms with van der Waals surface area (Å²) in [4.78, 5) is 10.6. The van der Waals surface area contributed by atoms with Gasteiger partial charge in [0.1, 0.15) is 11.9 Å². The number of carbonyl (C=O) groups excluding carboxylic acids is 1. The molecule has 4 heteroatoms. The molecule has 1 unspecified atom stereocenters. The Morgan fingerprint density at radius 1 is 1.20 bits per heavy atom. The van der Waals surface area contributed by atoms with Crippen LogP contribution in [-0.4, -0.2) is 12.3 Å². The van der Waals surface area contributed by atoms with Crippen LogP contribution >= 0.6 is 0 Å². The largest absolute Gasteiger partial charge is 0.449 e. The van der Waals surface area contributed by atoms with Gasteiger partial charge in [0.2, 0.25) is 0 Å². The normalized spacial score (nSPS) is 11.6. The molecular formula is C16H15N2O2. The van der Waals surface area contributed by atoms with E-state index in [2.05, 4.69) is 0 Å². The van der Waals surface area contributed by atoms with E-state index < -0.39 is 6.10 Å². The van der Waals surface area contributed by atoms with Gasteiger partial charge in [0.25, 0.3) is 0 Å². The van der Waals surface area contributed by atoms with Crippen molar-refractivity contribution in [2.45, 2.75) is 12.5 Å². The monoisotopic (exact) mass is 267 g/mol. The highest BCUT2D eigenvalue weighted by molar-refractivity contribution is 5.95. The van der Waals surface area contributed by atoms with E-state index in [4.69, 9.17) is 15.9 Å². The summed E-state index contributed by atoms with van der Waals surface area (Å²) in [7, 11) is 0. The van der Waals surface area contributed by atoms with Crippen LogP contribution in [0.4, 0.5) is 0 Å². The topological polar surface area (TPSA) is 76.2 Å². The highest BCUT2D eigenvalue weighted by Gasteiger charge is 2.14. The predicted octanol–water partition coefficient (Wildman–Crippen LogP) is 2.34. The minimum atomic E-state index is -0.393. The summed E-state index contributed by atoms with van der Waals surface area (Å²) >= 11 is 0. The van der Waals surface area contributed by atoms with Gasteiger partial charge in [-0.05, 0) is 17.2 Å². The molecule has 0 fully saturated rings. The first-order chi connectivity index (χ1) is 9.70. The van der Waals surface area contributed by atoms with Gasteiger partial charge in [0.15, 0.2) is 0 Å². The molecule has 4 nitrogen and oxygen atoms in total. The summed E-state index contributed by atoms with van der Waals surface area (Å²) < 4.78 is 5.04. The molecule has 2 aromatic rings. The molecule has 0 saturated heterocycles. The third kappa shape index (κ3) is 3.45. The minimum Gasteiger partial charge on any atom is -0.449 e. The van der Waals surface area contributed by atoms with Crippen molar-refractivity contribution in [3.05, 3.63) is 71.3 Å². The van der Waals surface area contributed by atoms with Gasteiger partial charge < -0.3 is 10.5 Å². The highest BCUT2D eigenvalue weighted by atomic mass is 16.5. The number of nitrogens with two attached hydrogens (primary N) is 1. The van der Waals surface area contributed by atoms with Gasteiger partial charge in [0.05, 0.1) is 0 Å². The lowest BCUT2D eigenvalue weighted by molar-refractivity contribution is 0.179. The van der Waals surface area contributed by atoms with E-state index in [1.54, 1.807) is 6.07 Å². The second-order valence-corrected chi connectivity index (χ2v) is 4.42. The van der Waals surface area contributed by atoms with E-state index in [1.165, 1.54) is 6.47 Å². The lowest BCUT2D eigenvalue weighted by Crippen LogP contribution is -2.12. The van der Waals surface area contributed by atoms with E-state index in [-0.39, 0.29) is 5.84 Å². The average Bonchev–Trinajstić information content (AvgIpc) is 2.48. The molecule has 2 aromatic carbocycles. The summed E-state index contributed by atoms with van der Waals surface area (Å²) in [5.74, 6) is 0.0194. The van der Waals surface area contributed by atoms with E-state index in [1.807, 2.05) is 48.5 Å². The quantitative estimate of drug-likeness (QED) is 0.623. The molecule has 101 valence electrons. The first-order valence-electron chi connectivity index (χ1n) is 6.22. The Kier molecular flexibility index (Phi) is 4.50. The van der Waals surface area contributed by atoms with Crippen LogP contribution in [0.1, 0.15) is 22.8 Å². The molecule has 1 radical (unpaired) electrons. The summed E-state index contributed by atoms with van der Waals surface area (Å²) in [5, 5.41) is 7.44. The molecule has 0 spiro atoms. The molecule has 2 rings (SSSR count). The molecule has 1 atom stereocenters. The fraction of sp³-hybridized carbons (Fsp3) is 0.125. The first kappa shape index (κ1) is 13.8. The molecule has 0 aliphatic heterocycles. The fourth-order valence-corrected chi connectivity index (χ4v) is 2.03. The van der Waals surface area contributed by atoms with E-state index in [9.17, 15) is 4.79 Å². The lowest BCUT2D eigenvalue weighted by Gasteiger charge is -2.15. The standard InChI is InChI=1S/C16H15N2O2/c17-16(18)14-8-4-5-12(9-14)10-15(20-11-19)13-6-2-1-3-7-13/h1-9,15H,10H2,(H3,17,18). The highest BCUT2D eigenvalue weighted by Crippen LogP contribution is 2.22. The number of amidine groups is 1. The predicted molar refractivity (Wildman–Crippen MR) is 77.1 cm³/mol. The smallest absolute Gasteiger partial charge is 0.418 e. The Bertz CT molecular complexity index is 596. The van der Waals surface area contributed by atoms with E-state index in [0.717, 1.165) is 11.1 Å². The van der Waals surface area contributed by atoms with Crippen molar-refractivity contribution in [1.82, 2.24) is 0 Å². The van der Waals surface area contributed by atoms with Gasteiger partial charge in [-0.25, -0.2) is 4.79 Å². The third-order valence-corrected chi connectivity index (χ3v) is 3.02. The molecule has 0 bridgehead atoms. The van der Waals surface area contributed by atoms with Crippen molar-refractivity contribution in [1.29, 1.82) is 5.41 Å². The number of benzene rings is 2. The van der Waals surface area contributed by atoms with Crippen molar-refractivity contribution < 1.29 is 9.53 Å². The van der Waals surface area contributed by atoms with Crippen LogP contribution in [0.15, 0.2) is 54.6 Å². The van der Waals surface area contributed by atoms with Gasteiger partial charge >= 0.3 is 6.47 Å². The number of ether oxygens (including phenoxy) is 1. The Labute approximate surface area is 117 Å². The van der Waals surface area contributed by atoms with Crippen molar-refractivity contribution in [2.75, 3.05) is 0 Å². The second kappa shape index (κ2) is 6.52. The summed E-state index contributed by atoms with van der Waals surface area (Å²) in [6.45, 7) is 1.51. The molecule has 0 amide bonds. The zero-order chi connectivity index (χ0) is 14.4. The summed E-state index contributed by atoms with van der Waals surface area (Å²) in [6, 6.07) is 16.8. The number of hydrogen-bond acceptors (Lipinski definition) is 3. The number of nitrogen functional groups attached to an aromatic ring is 1. The van der Waals surface area contributed by atoms with Gasteiger partial charge in [-0.2, -0.15) is 0 Å². The molecule has 3 N–H and O–H groups in total. The Balaban J connectivity index is 2.22. The molecule has 0 aliphatic carbocycles. The van der Waals surface area contributed by atoms with Gasteiger partial charge in [-0.1, -0.05) is 48.5 Å². The number of rotatable bonds is 6. The number of nitrogens with one attached hydrogen (secondary N) is 1. The molecule has 0 saturated carbocycles. The van der Waals surface area contributed by atoms with Crippen LogP contribution in [0, 0.1) is 5.41 Å². The zero-order valence-corrected chi connectivity index (χ0v) is 10.9. The van der Waals surface area contributed by atoms with Crippen LogP contribution in [-0.2, 0) is 16.0 Å². The van der Waals surface area contributed by atoms with Crippen LogP contribution in [0.5, 0.6) is 0 Å². The van der Waals surface area contributed by atoms with E-state index >= 15 is 0 Å². The zero-order valence-electron chi connectivity index (χ0n) is 10.9. The maximum atomic E-state index is 10.6. The lowest BCUT2D eigenvalue weighted by atomic mass is 9.99. The Morgan fingerprint density at radius 2 is 1.95 bits per heavy atom. The molecular weight excluding hydrogens is 252 g/mol. The van der Waals surface area contributed by atoms with E-state index in [0.29, 0.717) is 12.0 Å². The van der Waals surface area contributed by atoms with Crippen molar-refractivity contribution in [2.24, 2.45) is 5.73 Å². The van der Waals surface area contributed by atoms with Crippen molar-refractivity contribution >= 4 is 12.3 Å². The molecule has 0 aromatic heterocycles. The van der Waals surface area contributed by atoms with Crippen LogP contribution in [0.2, 0.25) is 0 Å². The maximum Gasteiger partial charge on any atom is 0.418 e. The number of hydrogen-bond donors (Lipinski definition) is 2. The van der Waals surface area contributed by atoms with Crippen LogP contribution in [0.25, 0.3) is 0 Å². The molecule has 20 heavy (non-hydrogen) atoms. The SMILES string of the molecule is N=C(N)c1cccc(CC(O[C]=O)c2ccccc2)c1. The molecule has 0 heterocycles. The Morgan fingerprint density at radius 3 is 2.60 bits per heavy atom. The van der Waals surface area contributed by atoms with Crippen molar-refractivity contribution in [3.63, 3.8) is 0 Å². The van der Waals surface area contributed by atoms with Gasteiger partial charge in [-0.15, -0.1) is 0 Å². The van der Waals surface area contributed by atoms with Crippen molar-refractivity contribution in [3.8, 4) is 0 Å². The average molecular weight is 267 g/mol. The second-order valence-electron chi connectivity index (χ2n) is 4.42.